The van der Waals surface area contributed by atoms with E-state index in [0.29, 0.717) is 0 Å². The van der Waals surface area contributed by atoms with E-state index in [1.807, 2.05) is 18.2 Å². The maximum Gasteiger partial charge on any atom is 0.130 e. The highest BCUT2D eigenvalue weighted by atomic mass is 79.9. The molecule has 1 aromatic carbocycles. The van der Waals surface area contributed by atoms with E-state index >= 15 is 0 Å². The van der Waals surface area contributed by atoms with E-state index in [9.17, 15) is 0 Å². The first-order chi connectivity index (χ1) is 7.22. The molecule has 0 saturated carbocycles. The average molecular weight is 330 g/mol. The molecule has 0 N–H and O–H groups in total. The van der Waals surface area contributed by atoms with Crippen molar-refractivity contribution in [3.63, 3.8) is 0 Å². The van der Waals surface area contributed by atoms with Gasteiger partial charge in [0, 0.05) is 16.3 Å². The van der Waals surface area contributed by atoms with Gasteiger partial charge in [0.05, 0.1) is 5.52 Å². The largest absolute Gasteiger partial charge is 0.232 e. The highest BCUT2D eigenvalue weighted by Gasteiger charge is 2.07. The molecule has 0 radical (unpaired) electrons. The molecule has 4 heteroatoms. The summed E-state index contributed by atoms with van der Waals surface area (Å²) in [7, 11) is 0. The zero-order chi connectivity index (χ0) is 10.8. The van der Waals surface area contributed by atoms with Crippen molar-refractivity contribution in [2.45, 2.75) is 19.8 Å². The molecule has 0 bridgehead atoms. The highest BCUT2D eigenvalue weighted by Crippen LogP contribution is 2.26. The molecule has 0 aliphatic carbocycles. The molecule has 78 valence electrons. The lowest BCUT2D eigenvalue weighted by molar-refractivity contribution is 0.839. The molecule has 0 aliphatic rings. The number of aromatic nitrogens is 2. The van der Waals surface area contributed by atoms with Crippen LogP contribution >= 0.6 is 31.9 Å². The molecule has 0 atom stereocenters. The number of fused-ring (bicyclic) bond motifs is 1. The van der Waals surface area contributed by atoms with Crippen LogP contribution in [0.2, 0.25) is 0 Å². The fraction of sp³-hybridized carbons (Fsp3) is 0.273. The number of aryl methyl sites for hydroxylation is 1. The molecule has 0 spiro atoms. The van der Waals surface area contributed by atoms with Crippen LogP contribution in [0.25, 0.3) is 10.9 Å². The van der Waals surface area contributed by atoms with E-state index in [1.54, 1.807) is 0 Å². The zero-order valence-electron chi connectivity index (χ0n) is 8.30. The third-order valence-corrected chi connectivity index (χ3v) is 3.40. The van der Waals surface area contributed by atoms with Gasteiger partial charge in [0.1, 0.15) is 10.4 Å². The van der Waals surface area contributed by atoms with E-state index in [0.717, 1.165) is 38.6 Å². The zero-order valence-corrected chi connectivity index (χ0v) is 11.5. The molecule has 0 saturated heterocycles. The van der Waals surface area contributed by atoms with Gasteiger partial charge in [-0.3, -0.25) is 0 Å². The number of nitrogens with zero attached hydrogens (tertiary/aromatic N) is 2. The summed E-state index contributed by atoms with van der Waals surface area (Å²) in [5.41, 5.74) is 0.975. The van der Waals surface area contributed by atoms with E-state index in [2.05, 4.69) is 48.8 Å². The Hall–Kier alpha value is -0.480. The van der Waals surface area contributed by atoms with Crippen LogP contribution in [0.3, 0.4) is 0 Å². The number of halogens is 2. The fourth-order valence-electron chi connectivity index (χ4n) is 1.46. The first-order valence-electron chi connectivity index (χ1n) is 4.83. The first-order valence-corrected chi connectivity index (χ1v) is 6.41. The molecule has 2 aromatic rings. The lowest BCUT2D eigenvalue weighted by atomic mass is 10.2. The van der Waals surface area contributed by atoms with Crippen LogP contribution < -0.4 is 0 Å². The molecule has 0 fully saturated rings. The van der Waals surface area contributed by atoms with E-state index in [4.69, 9.17) is 0 Å². The number of benzene rings is 1. The van der Waals surface area contributed by atoms with Crippen molar-refractivity contribution in [3.8, 4) is 0 Å². The molecule has 1 aromatic heterocycles. The van der Waals surface area contributed by atoms with Crippen molar-refractivity contribution in [2.75, 3.05) is 0 Å². The Morgan fingerprint density at radius 3 is 2.73 bits per heavy atom. The summed E-state index contributed by atoms with van der Waals surface area (Å²) in [6.45, 7) is 2.13. The molecular weight excluding hydrogens is 320 g/mol. The van der Waals surface area contributed by atoms with Crippen molar-refractivity contribution in [1.29, 1.82) is 0 Å². The van der Waals surface area contributed by atoms with Crippen LogP contribution in [-0.4, -0.2) is 9.97 Å². The van der Waals surface area contributed by atoms with E-state index < -0.39 is 0 Å². The summed E-state index contributed by atoms with van der Waals surface area (Å²) in [5.74, 6) is 0.892. The minimum absolute atomic E-state index is 0.872. The van der Waals surface area contributed by atoms with E-state index in [-0.39, 0.29) is 0 Å². The second kappa shape index (κ2) is 4.58. The van der Waals surface area contributed by atoms with E-state index in [1.165, 1.54) is 0 Å². The van der Waals surface area contributed by atoms with Crippen molar-refractivity contribution in [3.05, 3.63) is 33.1 Å². The van der Waals surface area contributed by atoms with Crippen molar-refractivity contribution in [1.82, 2.24) is 9.97 Å². The van der Waals surface area contributed by atoms with Gasteiger partial charge in [-0.15, -0.1) is 0 Å². The number of para-hydroxylation sites is 1. The van der Waals surface area contributed by atoms with Gasteiger partial charge < -0.3 is 0 Å². The fourth-order valence-corrected chi connectivity index (χ4v) is 2.44. The third kappa shape index (κ3) is 2.21. The normalized spacial score (nSPS) is 10.9. The highest BCUT2D eigenvalue weighted by molar-refractivity contribution is 9.11. The maximum absolute atomic E-state index is 4.54. The first kappa shape index (κ1) is 11.0. The Balaban J connectivity index is 2.68. The molecule has 2 rings (SSSR count). The summed E-state index contributed by atoms with van der Waals surface area (Å²) < 4.78 is 1.89. The standard InChI is InChI=1S/C11H10Br2N2/c1-2-4-9-14-10-7(11(13)15-9)5-3-6-8(10)12/h3,5-6H,2,4H2,1H3. The summed E-state index contributed by atoms with van der Waals surface area (Å²) in [6, 6.07) is 6.00. The summed E-state index contributed by atoms with van der Waals surface area (Å²) >= 11 is 6.99. The number of rotatable bonds is 2. The van der Waals surface area contributed by atoms with Gasteiger partial charge in [-0.2, -0.15) is 0 Å². The van der Waals surface area contributed by atoms with Crippen LogP contribution in [0.5, 0.6) is 0 Å². The van der Waals surface area contributed by atoms with Gasteiger partial charge >= 0.3 is 0 Å². The van der Waals surface area contributed by atoms with Gasteiger partial charge in [-0.25, -0.2) is 9.97 Å². The Labute approximate surface area is 105 Å². The maximum atomic E-state index is 4.54. The van der Waals surface area contributed by atoms with Crippen molar-refractivity contribution in [2.24, 2.45) is 0 Å². The molecule has 1 heterocycles. The lowest BCUT2D eigenvalue weighted by Gasteiger charge is -2.04. The minimum atomic E-state index is 0.872. The van der Waals surface area contributed by atoms with Gasteiger partial charge in [0.25, 0.3) is 0 Å². The number of hydrogen-bond donors (Lipinski definition) is 0. The summed E-state index contributed by atoms with van der Waals surface area (Å²) in [4.78, 5) is 8.95. The van der Waals surface area contributed by atoms with Crippen LogP contribution in [0.15, 0.2) is 27.3 Å². The second-order valence-corrected chi connectivity index (χ2v) is 4.92. The predicted octanol–water partition coefficient (Wildman–Crippen LogP) is 4.11. The quantitative estimate of drug-likeness (QED) is 0.775. The molecule has 15 heavy (non-hydrogen) atoms. The van der Waals surface area contributed by atoms with Gasteiger partial charge in [-0.1, -0.05) is 13.0 Å². The smallest absolute Gasteiger partial charge is 0.130 e. The Morgan fingerprint density at radius 2 is 2.00 bits per heavy atom. The topological polar surface area (TPSA) is 25.8 Å². The molecule has 0 aliphatic heterocycles. The van der Waals surface area contributed by atoms with Crippen LogP contribution in [0, 0.1) is 0 Å². The second-order valence-electron chi connectivity index (χ2n) is 3.32. The summed E-state index contributed by atoms with van der Waals surface area (Å²) in [5, 5.41) is 1.05. The molecule has 2 nitrogen and oxygen atoms in total. The van der Waals surface area contributed by atoms with Gasteiger partial charge in [0.2, 0.25) is 0 Å². The van der Waals surface area contributed by atoms with Crippen molar-refractivity contribution >= 4 is 42.8 Å². The Bertz CT molecular complexity index is 497. The Kier molecular flexibility index (Phi) is 3.36. The monoisotopic (exact) mass is 328 g/mol. The number of hydrogen-bond acceptors (Lipinski definition) is 2. The SMILES string of the molecule is CCCc1nc(Br)c2cccc(Br)c2n1. The Morgan fingerprint density at radius 1 is 1.20 bits per heavy atom. The lowest BCUT2D eigenvalue weighted by Crippen LogP contribution is -1.96. The summed E-state index contributed by atoms with van der Waals surface area (Å²) in [6.07, 6.45) is 1.97. The predicted molar refractivity (Wildman–Crippen MR) is 68.9 cm³/mol. The molecular formula is C11H10Br2N2. The molecule has 0 unspecified atom stereocenters. The third-order valence-electron chi connectivity index (χ3n) is 2.15. The average Bonchev–Trinajstić information content (AvgIpc) is 2.20. The van der Waals surface area contributed by atoms with Gasteiger partial charge in [-0.05, 0) is 50.4 Å². The van der Waals surface area contributed by atoms with Crippen LogP contribution in [0.4, 0.5) is 0 Å². The van der Waals surface area contributed by atoms with Crippen LogP contribution in [0.1, 0.15) is 19.2 Å². The van der Waals surface area contributed by atoms with Crippen molar-refractivity contribution < 1.29 is 0 Å². The van der Waals surface area contributed by atoms with Gasteiger partial charge in [0.15, 0.2) is 0 Å². The molecule has 0 amide bonds. The minimum Gasteiger partial charge on any atom is -0.232 e. The van der Waals surface area contributed by atoms with Crippen LogP contribution in [-0.2, 0) is 6.42 Å².